The molecule has 6 heteroatoms. The molecule has 0 atom stereocenters. The molecule has 0 bridgehead atoms. The summed E-state index contributed by atoms with van der Waals surface area (Å²) in [5.74, 6) is -0.405. The van der Waals surface area contributed by atoms with Crippen LogP contribution in [-0.2, 0) is 0 Å². The van der Waals surface area contributed by atoms with E-state index in [-0.39, 0.29) is 0 Å². The fourth-order valence-electron chi connectivity index (χ4n) is 3.35. The van der Waals surface area contributed by atoms with Gasteiger partial charge in [0, 0.05) is 45.0 Å². The average molecular weight is 353 g/mol. The number of nitrogens with zero attached hydrogens (tertiary/aromatic N) is 2. The van der Waals surface area contributed by atoms with E-state index in [1.54, 1.807) is 6.07 Å². The predicted octanol–water partition coefficient (Wildman–Crippen LogP) is 1.91. The molecule has 1 aliphatic rings. The number of carbonyl (C=O) groups excluding carboxylic acids is 1. The van der Waals surface area contributed by atoms with Gasteiger partial charge in [-0.1, -0.05) is 24.3 Å². The summed E-state index contributed by atoms with van der Waals surface area (Å²) in [6, 6.07) is 13.6. The van der Waals surface area contributed by atoms with E-state index in [9.17, 15) is 4.79 Å². The normalized spacial score (nSPS) is 15.0. The first-order chi connectivity index (χ1) is 12.6. The van der Waals surface area contributed by atoms with Gasteiger partial charge in [0.05, 0.1) is 16.9 Å². The van der Waals surface area contributed by atoms with Gasteiger partial charge in [0.15, 0.2) is 0 Å². The molecule has 2 aromatic rings. The molecule has 1 heterocycles. The molecule has 0 aliphatic carbocycles. The second kappa shape index (κ2) is 8.10. The molecule has 138 valence electrons. The maximum atomic E-state index is 11.5. The van der Waals surface area contributed by atoms with Gasteiger partial charge in [-0.2, -0.15) is 0 Å². The summed E-state index contributed by atoms with van der Waals surface area (Å²) in [6.07, 6.45) is 0. The summed E-state index contributed by atoms with van der Waals surface area (Å²) in [5.41, 5.74) is 16.1. The van der Waals surface area contributed by atoms with Crippen LogP contribution >= 0.6 is 0 Å². The van der Waals surface area contributed by atoms with Crippen molar-refractivity contribution in [1.29, 1.82) is 0 Å². The van der Waals surface area contributed by atoms with Gasteiger partial charge in [-0.05, 0) is 30.7 Å². The van der Waals surface area contributed by atoms with Crippen LogP contribution < -0.4 is 21.7 Å². The molecule has 6 nitrogen and oxygen atoms in total. The molecule has 1 aliphatic heterocycles. The van der Waals surface area contributed by atoms with Crippen LogP contribution in [0.1, 0.15) is 15.9 Å². The SMILES string of the molecule is Cc1cccc(N2CCN(CCNc3ccccc3C(N)=O)CC2)c1N. The largest absolute Gasteiger partial charge is 0.397 e. The fourth-order valence-corrected chi connectivity index (χ4v) is 3.35. The summed E-state index contributed by atoms with van der Waals surface area (Å²) in [5, 5.41) is 3.33. The second-order valence-electron chi connectivity index (χ2n) is 6.67. The number of hydrogen-bond donors (Lipinski definition) is 3. The molecule has 0 aromatic heterocycles. The number of benzene rings is 2. The quantitative estimate of drug-likeness (QED) is 0.691. The molecule has 1 saturated heterocycles. The standard InChI is InChI=1S/C20H27N5O/c1-15-5-4-8-18(19(15)21)25-13-11-24(12-14-25)10-9-23-17-7-3-2-6-16(17)20(22)26/h2-8,23H,9-14,21H2,1H3,(H2,22,26). The Morgan fingerprint density at radius 1 is 1.08 bits per heavy atom. The first-order valence-corrected chi connectivity index (χ1v) is 9.01. The summed E-state index contributed by atoms with van der Waals surface area (Å²) < 4.78 is 0. The molecule has 0 spiro atoms. The summed E-state index contributed by atoms with van der Waals surface area (Å²) in [7, 11) is 0. The molecule has 26 heavy (non-hydrogen) atoms. The first kappa shape index (κ1) is 18.1. The van der Waals surface area contributed by atoms with Gasteiger partial charge in [-0.25, -0.2) is 0 Å². The highest BCUT2D eigenvalue weighted by atomic mass is 16.1. The minimum absolute atomic E-state index is 0.405. The Morgan fingerprint density at radius 3 is 2.54 bits per heavy atom. The predicted molar refractivity (Wildman–Crippen MR) is 108 cm³/mol. The number of rotatable bonds is 6. The van der Waals surface area contributed by atoms with Gasteiger partial charge >= 0.3 is 0 Å². The van der Waals surface area contributed by atoms with Crippen molar-refractivity contribution in [3.05, 3.63) is 53.6 Å². The molecule has 0 saturated carbocycles. The number of carbonyl (C=O) groups is 1. The Labute approximate surface area is 154 Å². The Kier molecular flexibility index (Phi) is 5.63. The molecule has 3 rings (SSSR count). The Morgan fingerprint density at radius 2 is 1.81 bits per heavy atom. The number of aryl methyl sites for hydroxylation is 1. The van der Waals surface area contributed by atoms with Crippen molar-refractivity contribution in [2.75, 3.05) is 55.2 Å². The maximum Gasteiger partial charge on any atom is 0.250 e. The topological polar surface area (TPSA) is 87.6 Å². The zero-order chi connectivity index (χ0) is 18.5. The first-order valence-electron chi connectivity index (χ1n) is 9.01. The minimum Gasteiger partial charge on any atom is -0.397 e. The average Bonchev–Trinajstić information content (AvgIpc) is 2.65. The molecular weight excluding hydrogens is 326 g/mol. The number of hydrogen-bond acceptors (Lipinski definition) is 5. The van der Waals surface area contributed by atoms with Gasteiger partial charge in [0.25, 0.3) is 5.91 Å². The number of nitrogens with two attached hydrogens (primary N) is 2. The van der Waals surface area contributed by atoms with E-state index in [2.05, 4.69) is 27.2 Å². The summed E-state index contributed by atoms with van der Waals surface area (Å²) >= 11 is 0. The Balaban J connectivity index is 1.49. The molecule has 5 N–H and O–H groups in total. The number of piperazine rings is 1. The number of primary amides is 1. The van der Waals surface area contributed by atoms with Crippen LogP contribution in [0.25, 0.3) is 0 Å². The van der Waals surface area contributed by atoms with Gasteiger partial charge in [0.2, 0.25) is 0 Å². The molecule has 2 aromatic carbocycles. The van der Waals surface area contributed by atoms with Gasteiger partial charge < -0.3 is 21.7 Å². The van der Waals surface area contributed by atoms with Crippen LogP contribution in [-0.4, -0.2) is 50.1 Å². The zero-order valence-electron chi connectivity index (χ0n) is 15.2. The maximum absolute atomic E-state index is 11.5. The minimum atomic E-state index is -0.405. The third kappa shape index (κ3) is 4.08. The van der Waals surface area contributed by atoms with Gasteiger partial charge in [-0.15, -0.1) is 0 Å². The van der Waals surface area contributed by atoms with E-state index < -0.39 is 5.91 Å². The van der Waals surface area contributed by atoms with Crippen LogP contribution in [0.15, 0.2) is 42.5 Å². The number of anilines is 3. The van der Waals surface area contributed by atoms with Crippen molar-refractivity contribution in [2.45, 2.75) is 6.92 Å². The van der Waals surface area contributed by atoms with E-state index in [1.165, 1.54) is 0 Å². The third-order valence-electron chi connectivity index (χ3n) is 4.95. The summed E-state index contributed by atoms with van der Waals surface area (Å²) in [4.78, 5) is 16.2. The van der Waals surface area contributed by atoms with E-state index in [0.717, 1.165) is 61.9 Å². The monoisotopic (exact) mass is 353 g/mol. The van der Waals surface area contributed by atoms with Crippen molar-refractivity contribution in [2.24, 2.45) is 5.73 Å². The lowest BCUT2D eigenvalue weighted by molar-refractivity contribution is 0.100. The van der Waals surface area contributed by atoms with E-state index >= 15 is 0 Å². The fraction of sp³-hybridized carbons (Fsp3) is 0.350. The highest BCUT2D eigenvalue weighted by molar-refractivity contribution is 5.98. The highest BCUT2D eigenvalue weighted by Crippen LogP contribution is 2.26. The number of para-hydroxylation sites is 2. The number of amides is 1. The number of nitrogens with one attached hydrogen (secondary N) is 1. The highest BCUT2D eigenvalue weighted by Gasteiger charge is 2.19. The Hall–Kier alpha value is -2.73. The Bertz CT molecular complexity index is 769. The second-order valence-corrected chi connectivity index (χ2v) is 6.67. The van der Waals surface area contributed by atoms with Crippen molar-refractivity contribution < 1.29 is 4.79 Å². The van der Waals surface area contributed by atoms with Gasteiger partial charge in [0.1, 0.15) is 0 Å². The number of nitrogen functional groups attached to an aromatic ring is 1. The van der Waals surface area contributed by atoms with Crippen LogP contribution in [0.3, 0.4) is 0 Å². The molecule has 0 radical (unpaired) electrons. The smallest absolute Gasteiger partial charge is 0.250 e. The van der Waals surface area contributed by atoms with Gasteiger partial charge in [-0.3, -0.25) is 9.69 Å². The van der Waals surface area contributed by atoms with Crippen LogP contribution in [0.5, 0.6) is 0 Å². The lowest BCUT2D eigenvalue weighted by atomic mass is 10.1. The lowest BCUT2D eigenvalue weighted by Crippen LogP contribution is -2.47. The lowest BCUT2D eigenvalue weighted by Gasteiger charge is -2.36. The molecule has 0 unspecified atom stereocenters. The summed E-state index contributed by atoms with van der Waals surface area (Å²) in [6.45, 7) is 7.65. The van der Waals surface area contributed by atoms with Crippen LogP contribution in [0.2, 0.25) is 0 Å². The van der Waals surface area contributed by atoms with Crippen LogP contribution in [0.4, 0.5) is 17.1 Å². The van der Waals surface area contributed by atoms with Crippen molar-refractivity contribution in [3.63, 3.8) is 0 Å². The molecular formula is C20H27N5O. The van der Waals surface area contributed by atoms with Crippen molar-refractivity contribution in [3.8, 4) is 0 Å². The molecule has 1 fully saturated rings. The van der Waals surface area contributed by atoms with Crippen molar-refractivity contribution in [1.82, 2.24) is 4.90 Å². The van der Waals surface area contributed by atoms with E-state index in [4.69, 9.17) is 11.5 Å². The van der Waals surface area contributed by atoms with Crippen LogP contribution in [0, 0.1) is 6.92 Å². The third-order valence-corrected chi connectivity index (χ3v) is 4.95. The zero-order valence-corrected chi connectivity index (χ0v) is 15.2. The van der Waals surface area contributed by atoms with Crippen molar-refractivity contribution >= 4 is 23.0 Å². The van der Waals surface area contributed by atoms with E-state index in [0.29, 0.717) is 5.56 Å². The molecule has 1 amide bonds. The van der Waals surface area contributed by atoms with E-state index in [1.807, 2.05) is 31.2 Å².